The molecule has 0 aromatic heterocycles. The average molecular weight is 280 g/mol. The van der Waals surface area contributed by atoms with Crippen LogP contribution in [0.25, 0.3) is 0 Å². The maximum atomic E-state index is 12.3. The van der Waals surface area contributed by atoms with Gasteiger partial charge in [-0.05, 0) is 44.2 Å². The molecular formula is C16H28N2O2. The zero-order valence-corrected chi connectivity index (χ0v) is 12.5. The third-order valence-corrected chi connectivity index (χ3v) is 5.32. The summed E-state index contributed by atoms with van der Waals surface area (Å²) in [5.41, 5.74) is 0. The fourth-order valence-electron chi connectivity index (χ4n) is 3.75. The van der Waals surface area contributed by atoms with Crippen molar-refractivity contribution in [3.63, 3.8) is 0 Å². The van der Waals surface area contributed by atoms with Gasteiger partial charge in [0.2, 0.25) is 5.91 Å². The molecular weight excluding hydrogens is 252 g/mol. The smallest absolute Gasteiger partial charge is 0.222 e. The van der Waals surface area contributed by atoms with Crippen LogP contribution in [0, 0.1) is 17.8 Å². The molecule has 20 heavy (non-hydrogen) atoms. The molecule has 0 spiro atoms. The summed E-state index contributed by atoms with van der Waals surface area (Å²) in [6.45, 7) is 5.33. The lowest BCUT2D eigenvalue weighted by atomic mass is 9.96. The van der Waals surface area contributed by atoms with Gasteiger partial charge in [-0.15, -0.1) is 0 Å². The van der Waals surface area contributed by atoms with Crippen molar-refractivity contribution in [3.05, 3.63) is 0 Å². The van der Waals surface area contributed by atoms with Gasteiger partial charge in [-0.25, -0.2) is 0 Å². The van der Waals surface area contributed by atoms with E-state index >= 15 is 0 Å². The van der Waals surface area contributed by atoms with Crippen molar-refractivity contribution in [2.45, 2.75) is 38.5 Å². The van der Waals surface area contributed by atoms with Crippen molar-refractivity contribution in [1.29, 1.82) is 0 Å². The highest BCUT2D eigenvalue weighted by Crippen LogP contribution is 2.34. The fourth-order valence-corrected chi connectivity index (χ4v) is 3.75. The Kier molecular flexibility index (Phi) is 4.61. The summed E-state index contributed by atoms with van der Waals surface area (Å²) in [4.78, 5) is 16.8. The van der Waals surface area contributed by atoms with Crippen LogP contribution in [0.1, 0.15) is 38.5 Å². The molecule has 1 saturated carbocycles. The number of carbonyl (C=O) groups excluding carboxylic acids is 1. The van der Waals surface area contributed by atoms with Crippen LogP contribution in [0.3, 0.4) is 0 Å². The lowest BCUT2D eigenvalue weighted by Gasteiger charge is -2.22. The van der Waals surface area contributed by atoms with E-state index in [1.807, 2.05) is 4.90 Å². The maximum Gasteiger partial charge on any atom is 0.222 e. The van der Waals surface area contributed by atoms with Crippen LogP contribution in [-0.2, 0) is 4.79 Å². The number of carbonyl (C=O) groups is 1. The monoisotopic (exact) mass is 280 g/mol. The molecule has 4 heteroatoms. The number of likely N-dealkylation sites (tertiary alicyclic amines) is 2. The summed E-state index contributed by atoms with van der Waals surface area (Å²) in [6, 6.07) is 0. The SMILES string of the molecule is O=C(CCC1CC1)N1C[C@@H](CO)[C@@H](CN2CCCC2)C1. The largest absolute Gasteiger partial charge is 0.396 e. The number of amides is 1. The summed E-state index contributed by atoms with van der Waals surface area (Å²) in [5.74, 6) is 1.92. The van der Waals surface area contributed by atoms with E-state index in [1.54, 1.807) is 0 Å². The minimum Gasteiger partial charge on any atom is -0.396 e. The molecule has 2 saturated heterocycles. The third kappa shape index (κ3) is 3.53. The van der Waals surface area contributed by atoms with Gasteiger partial charge in [-0.3, -0.25) is 4.79 Å². The van der Waals surface area contributed by atoms with Crippen molar-refractivity contribution in [2.75, 3.05) is 39.3 Å². The Morgan fingerprint density at radius 1 is 1.10 bits per heavy atom. The van der Waals surface area contributed by atoms with E-state index < -0.39 is 0 Å². The molecule has 3 rings (SSSR count). The summed E-state index contributed by atoms with van der Waals surface area (Å²) in [5, 5.41) is 9.58. The van der Waals surface area contributed by atoms with Gasteiger partial charge in [0, 0.05) is 38.6 Å². The Morgan fingerprint density at radius 2 is 1.80 bits per heavy atom. The third-order valence-electron chi connectivity index (χ3n) is 5.32. The summed E-state index contributed by atoms with van der Waals surface area (Å²) >= 11 is 0. The second kappa shape index (κ2) is 6.44. The molecule has 2 aliphatic heterocycles. The summed E-state index contributed by atoms with van der Waals surface area (Å²) < 4.78 is 0. The first-order valence-electron chi connectivity index (χ1n) is 8.37. The average Bonchev–Trinajstić information content (AvgIpc) is 2.98. The number of hydrogen-bond acceptors (Lipinski definition) is 3. The molecule has 4 nitrogen and oxygen atoms in total. The Morgan fingerprint density at radius 3 is 2.45 bits per heavy atom. The molecule has 0 radical (unpaired) electrons. The standard InChI is InChI=1S/C16H28N2O2/c19-12-15-11-18(16(20)6-5-13-3-4-13)10-14(15)9-17-7-1-2-8-17/h13-15,19H,1-12H2/t14-,15-/m0/s1. The molecule has 0 bridgehead atoms. The van der Waals surface area contributed by atoms with Crippen LogP contribution in [0.2, 0.25) is 0 Å². The van der Waals surface area contributed by atoms with Crippen LogP contribution in [0.15, 0.2) is 0 Å². The first-order valence-corrected chi connectivity index (χ1v) is 8.37. The number of rotatable bonds is 6. The van der Waals surface area contributed by atoms with Crippen LogP contribution in [-0.4, -0.2) is 60.1 Å². The molecule has 0 unspecified atom stereocenters. The van der Waals surface area contributed by atoms with E-state index in [0.717, 1.165) is 38.4 Å². The molecule has 0 aromatic rings. The van der Waals surface area contributed by atoms with Crippen molar-refractivity contribution >= 4 is 5.91 Å². The lowest BCUT2D eigenvalue weighted by Crippen LogP contribution is -2.32. The zero-order valence-electron chi connectivity index (χ0n) is 12.5. The van der Waals surface area contributed by atoms with Gasteiger partial charge in [0.1, 0.15) is 0 Å². The topological polar surface area (TPSA) is 43.8 Å². The van der Waals surface area contributed by atoms with Gasteiger partial charge >= 0.3 is 0 Å². The second-order valence-electron chi connectivity index (χ2n) is 6.99. The van der Waals surface area contributed by atoms with Gasteiger partial charge in [-0.2, -0.15) is 0 Å². The van der Waals surface area contributed by atoms with Gasteiger partial charge in [-0.1, -0.05) is 12.8 Å². The van der Waals surface area contributed by atoms with Crippen LogP contribution >= 0.6 is 0 Å². The normalized spacial score (nSPS) is 31.1. The molecule has 2 atom stereocenters. The molecule has 3 aliphatic rings. The first-order chi connectivity index (χ1) is 9.76. The van der Waals surface area contributed by atoms with E-state index in [9.17, 15) is 9.90 Å². The van der Waals surface area contributed by atoms with Crippen LogP contribution < -0.4 is 0 Å². The predicted octanol–water partition coefficient (Wildman–Crippen LogP) is 1.34. The molecule has 2 heterocycles. The number of nitrogens with zero attached hydrogens (tertiary/aromatic N) is 2. The van der Waals surface area contributed by atoms with E-state index in [4.69, 9.17) is 0 Å². The van der Waals surface area contributed by atoms with E-state index in [-0.39, 0.29) is 6.61 Å². The van der Waals surface area contributed by atoms with Crippen LogP contribution in [0.4, 0.5) is 0 Å². The number of hydrogen-bond donors (Lipinski definition) is 1. The van der Waals surface area contributed by atoms with Crippen molar-refractivity contribution in [1.82, 2.24) is 9.80 Å². The van der Waals surface area contributed by atoms with Crippen LogP contribution in [0.5, 0.6) is 0 Å². The molecule has 114 valence electrons. The molecule has 3 fully saturated rings. The zero-order chi connectivity index (χ0) is 13.9. The highest BCUT2D eigenvalue weighted by Gasteiger charge is 2.36. The lowest BCUT2D eigenvalue weighted by molar-refractivity contribution is -0.130. The van der Waals surface area contributed by atoms with Gasteiger partial charge in [0.05, 0.1) is 0 Å². The van der Waals surface area contributed by atoms with Gasteiger partial charge in [0.15, 0.2) is 0 Å². The summed E-state index contributed by atoms with van der Waals surface area (Å²) in [6.07, 6.45) is 7.06. The molecule has 1 N–H and O–H groups in total. The molecule has 0 aromatic carbocycles. The fraction of sp³-hybridized carbons (Fsp3) is 0.938. The number of aliphatic hydroxyl groups excluding tert-OH is 1. The predicted molar refractivity (Wildman–Crippen MR) is 78.3 cm³/mol. The van der Waals surface area contributed by atoms with Gasteiger partial charge < -0.3 is 14.9 Å². The van der Waals surface area contributed by atoms with Crippen molar-refractivity contribution < 1.29 is 9.90 Å². The Labute approximate surface area is 122 Å². The summed E-state index contributed by atoms with van der Waals surface area (Å²) in [7, 11) is 0. The maximum absolute atomic E-state index is 12.3. The minimum absolute atomic E-state index is 0.227. The highest BCUT2D eigenvalue weighted by atomic mass is 16.3. The minimum atomic E-state index is 0.227. The second-order valence-corrected chi connectivity index (χ2v) is 6.99. The van der Waals surface area contributed by atoms with E-state index in [0.29, 0.717) is 17.7 Å². The Hall–Kier alpha value is -0.610. The van der Waals surface area contributed by atoms with E-state index in [1.165, 1.54) is 38.8 Å². The quantitative estimate of drug-likeness (QED) is 0.798. The van der Waals surface area contributed by atoms with Crippen molar-refractivity contribution in [2.24, 2.45) is 17.8 Å². The van der Waals surface area contributed by atoms with Gasteiger partial charge in [0.25, 0.3) is 0 Å². The van der Waals surface area contributed by atoms with Crippen molar-refractivity contribution in [3.8, 4) is 0 Å². The molecule has 1 amide bonds. The Bertz CT molecular complexity index is 337. The highest BCUT2D eigenvalue weighted by molar-refractivity contribution is 5.76. The van der Waals surface area contributed by atoms with E-state index in [2.05, 4.69) is 4.90 Å². The first kappa shape index (κ1) is 14.3. The molecule has 1 aliphatic carbocycles. The Balaban J connectivity index is 1.48. The number of aliphatic hydroxyl groups is 1.